The molecule has 0 amide bonds. The number of hydrogen-bond acceptors (Lipinski definition) is 3. The Hall–Kier alpha value is -0.350. The summed E-state index contributed by atoms with van der Waals surface area (Å²) >= 11 is 3.68. The van der Waals surface area contributed by atoms with Gasteiger partial charge in [0, 0.05) is 18.5 Å². The molecule has 2 saturated heterocycles. The van der Waals surface area contributed by atoms with E-state index in [9.17, 15) is 4.79 Å². The molecule has 0 aromatic heterocycles. The van der Waals surface area contributed by atoms with E-state index >= 15 is 0 Å². The number of carbonyl (C=O) groups is 1. The Kier molecular flexibility index (Phi) is 4.23. The van der Waals surface area contributed by atoms with Crippen molar-refractivity contribution < 1.29 is 9.53 Å². The second-order valence-corrected chi connectivity index (χ2v) is 7.33. The molecule has 0 N–H and O–H groups in total. The molecular weight excluding hydrogens is 318 g/mol. The Morgan fingerprint density at radius 3 is 3.05 bits per heavy atom. The van der Waals surface area contributed by atoms with E-state index in [0.29, 0.717) is 24.5 Å². The molecule has 4 heteroatoms. The van der Waals surface area contributed by atoms with E-state index in [1.807, 2.05) is 6.92 Å². The zero-order valence-electron chi connectivity index (χ0n) is 12.3. The lowest BCUT2D eigenvalue weighted by Gasteiger charge is -2.39. The van der Waals surface area contributed by atoms with Gasteiger partial charge in [-0.3, -0.25) is 9.69 Å². The summed E-state index contributed by atoms with van der Waals surface area (Å²) in [5.74, 6) is 1.24. The molecule has 0 aromatic carbocycles. The third-order valence-corrected chi connectivity index (χ3v) is 6.36. The van der Waals surface area contributed by atoms with Crippen LogP contribution in [0.3, 0.4) is 0 Å². The SMILES string of the molecule is CCOC(=O)[C@@H]1[C@@H]2[C@H](C=C(Br)[C@H]1C)CN1CCCC[C@@H]21. The van der Waals surface area contributed by atoms with Gasteiger partial charge in [0.25, 0.3) is 0 Å². The van der Waals surface area contributed by atoms with Gasteiger partial charge in [-0.2, -0.15) is 0 Å². The fourth-order valence-corrected chi connectivity index (χ4v) is 5.11. The number of hydrogen-bond donors (Lipinski definition) is 0. The Bertz CT molecular complexity index is 423. The lowest BCUT2D eigenvalue weighted by atomic mass is 9.69. The molecule has 0 radical (unpaired) electrons. The van der Waals surface area contributed by atoms with E-state index in [0.717, 1.165) is 6.54 Å². The van der Waals surface area contributed by atoms with Crippen LogP contribution in [0.15, 0.2) is 10.6 Å². The van der Waals surface area contributed by atoms with Gasteiger partial charge in [0.15, 0.2) is 0 Å². The molecule has 0 saturated carbocycles. The minimum Gasteiger partial charge on any atom is -0.466 e. The lowest BCUT2D eigenvalue weighted by molar-refractivity contribution is -0.152. The summed E-state index contributed by atoms with van der Waals surface area (Å²) in [5, 5.41) is 0. The summed E-state index contributed by atoms with van der Waals surface area (Å²) in [5.41, 5.74) is 0. The second-order valence-electron chi connectivity index (χ2n) is 6.42. The summed E-state index contributed by atoms with van der Waals surface area (Å²) in [7, 11) is 0. The lowest BCUT2D eigenvalue weighted by Crippen LogP contribution is -2.44. The summed E-state index contributed by atoms with van der Waals surface area (Å²) in [6.45, 7) is 6.86. The largest absolute Gasteiger partial charge is 0.466 e. The third kappa shape index (κ3) is 2.35. The van der Waals surface area contributed by atoms with Crippen molar-refractivity contribution in [3.8, 4) is 0 Å². The van der Waals surface area contributed by atoms with Gasteiger partial charge in [0.1, 0.15) is 0 Å². The van der Waals surface area contributed by atoms with Crippen LogP contribution in [0.1, 0.15) is 33.1 Å². The first-order valence-electron chi connectivity index (χ1n) is 7.91. The zero-order valence-corrected chi connectivity index (χ0v) is 13.9. The molecule has 0 aromatic rings. The molecule has 1 aliphatic carbocycles. The van der Waals surface area contributed by atoms with Gasteiger partial charge >= 0.3 is 5.97 Å². The quantitative estimate of drug-likeness (QED) is 0.722. The topological polar surface area (TPSA) is 29.5 Å². The van der Waals surface area contributed by atoms with Crippen LogP contribution in [-0.4, -0.2) is 36.6 Å². The van der Waals surface area contributed by atoms with E-state index in [4.69, 9.17) is 4.74 Å². The molecule has 0 spiro atoms. The maximum absolute atomic E-state index is 12.5. The Balaban J connectivity index is 1.90. The number of allylic oxidation sites excluding steroid dienone is 1. The number of nitrogens with zero attached hydrogens (tertiary/aromatic N) is 1. The molecule has 112 valence electrons. The minimum atomic E-state index is 0.00692. The molecule has 0 bridgehead atoms. The average molecular weight is 342 g/mol. The number of piperidine rings is 1. The number of fused-ring (bicyclic) bond motifs is 3. The predicted molar refractivity (Wildman–Crippen MR) is 82.5 cm³/mol. The first-order chi connectivity index (χ1) is 9.63. The van der Waals surface area contributed by atoms with Crippen LogP contribution in [-0.2, 0) is 9.53 Å². The molecule has 3 nitrogen and oxygen atoms in total. The van der Waals surface area contributed by atoms with Crippen molar-refractivity contribution in [3.63, 3.8) is 0 Å². The van der Waals surface area contributed by atoms with Gasteiger partial charge in [-0.25, -0.2) is 0 Å². The fourth-order valence-electron chi connectivity index (χ4n) is 4.49. The Labute approximate surface area is 129 Å². The van der Waals surface area contributed by atoms with Crippen LogP contribution in [0.2, 0.25) is 0 Å². The van der Waals surface area contributed by atoms with Gasteiger partial charge in [-0.15, -0.1) is 0 Å². The van der Waals surface area contributed by atoms with Crippen LogP contribution < -0.4 is 0 Å². The van der Waals surface area contributed by atoms with Crippen LogP contribution in [0, 0.1) is 23.7 Å². The first-order valence-corrected chi connectivity index (χ1v) is 8.70. The molecular formula is C16H24BrNO2. The van der Waals surface area contributed by atoms with Crippen LogP contribution >= 0.6 is 15.9 Å². The number of esters is 1. The van der Waals surface area contributed by atoms with Crippen LogP contribution in [0.5, 0.6) is 0 Å². The predicted octanol–water partition coefficient (Wildman–Crippen LogP) is 3.19. The molecule has 3 rings (SSSR count). The highest BCUT2D eigenvalue weighted by Crippen LogP contribution is 2.49. The Morgan fingerprint density at radius 2 is 2.30 bits per heavy atom. The summed E-state index contributed by atoms with van der Waals surface area (Å²) < 4.78 is 6.57. The maximum atomic E-state index is 12.5. The van der Waals surface area contributed by atoms with Crippen molar-refractivity contribution in [1.82, 2.24) is 4.90 Å². The van der Waals surface area contributed by atoms with E-state index in [-0.39, 0.29) is 17.8 Å². The second kappa shape index (κ2) is 5.80. The highest BCUT2D eigenvalue weighted by molar-refractivity contribution is 9.11. The monoisotopic (exact) mass is 341 g/mol. The summed E-state index contributed by atoms with van der Waals surface area (Å²) in [4.78, 5) is 15.1. The smallest absolute Gasteiger partial charge is 0.309 e. The highest BCUT2D eigenvalue weighted by Gasteiger charge is 2.52. The Morgan fingerprint density at radius 1 is 1.50 bits per heavy atom. The minimum absolute atomic E-state index is 0.00692. The van der Waals surface area contributed by atoms with Crippen molar-refractivity contribution in [2.75, 3.05) is 19.7 Å². The fraction of sp³-hybridized carbons (Fsp3) is 0.812. The van der Waals surface area contributed by atoms with Crippen molar-refractivity contribution in [2.45, 2.75) is 39.2 Å². The van der Waals surface area contributed by atoms with E-state index in [1.165, 1.54) is 30.3 Å². The van der Waals surface area contributed by atoms with Gasteiger partial charge in [0.2, 0.25) is 0 Å². The van der Waals surface area contributed by atoms with E-state index < -0.39 is 0 Å². The maximum Gasteiger partial charge on any atom is 0.309 e. The van der Waals surface area contributed by atoms with Crippen molar-refractivity contribution >= 4 is 21.9 Å². The first kappa shape index (κ1) is 14.6. The van der Waals surface area contributed by atoms with Gasteiger partial charge in [0.05, 0.1) is 12.5 Å². The van der Waals surface area contributed by atoms with Gasteiger partial charge in [-0.05, 0) is 42.6 Å². The number of carbonyl (C=O) groups excluding carboxylic acids is 1. The summed E-state index contributed by atoms with van der Waals surface area (Å²) in [6.07, 6.45) is 6.22. The van der Waals surface area contributed by atoms with Crippen molar-refractivity contribution in [1.29, 1.82) is 0 Å². The van der Waals surface area contributed by atoms with Crippen LogP contribution in [0.4, 0.5) is 0 Å². The molecule has 2 fully saturated rings. The number of rotatable bonds is 2. The summed E-state index contributed by atoms with van der Waals surface area (Å²) in [6, 6.07) is 0.586. The molecule has 2 heterocycles. The highest BCUT2D eigenvalue weighted by atomic mass is 79.9. The number of ether oxygens (including phenoxy) is 1. The van der Waals surface area contributed by atoms with Crippen LogP contribution in [0.25, 0.3) is 0 Å². The standard InChI is InChI=1S/C16H24BrNO2/c1-3-20-16(19)14-10(2)12(17)8-11-9-18-7-5-4-6-13(18)15(11)14/h8,10-11,13-15H,3-7,9H2,1-2H3/t10-,11-,13+,14+,15-/m1/s1. The average Bonchev–Trinajstić information content (AvgIpc) is 2.78. The van der Waals surface area contributed by atoms with E-state index in [1.54, 1.807) is 0 Å². The van der Waals surface area contributed by atoms with Gasteiger partial charge < -0.3 is 4.74 Å². The van der Waals surface area contributed by atoms with Crippen molar-refractivity contribution in [2.24, 2.45) is 23.7 Å². The van der Waals surface area contributed by atoms with E-state index in [2.05, 4.69) is 33.8 Å². The molecule has 3 aliphatic rings. The van der Waals surface area contributed by atoms with Gasteiger partial charge in [-0.1, -0.05) is 35.4 Å². The zero-order chi connectivity index (χ0) is 14.3. The molecule has 20 heavy (non-hydrogen) atoms. The molecule has 5 atom stereocenters. The number of halogens is 1. The molecule has 0 unspecified atom stereocenters. The third-order valence-electron chi connectivity index (χ3n) is 5.37. The molecule has 2 aliphatic heterocycles. The normalized spacial score (nSPS) is 40.8. The van der Waals surface area contributed by atoms with Crippen molar-refractivity contribution in [3.05, 3.63) is 10.6 Å².